The van der Waals surface area contributed by atoms with Crippen LogP contribution in [0.25, 0.3) is 11.1 Å². The highest BCUT2D eigenvalue weighted by Gasteiger charge is 2.08. The molecule has 0 spiro atoms. The molecule has 2 rings (SSSR count). The molecule has 0 radical (unpaired) electrons. The summed E-state index contributed by atoms with van der Waals surface area (Å²) in [5.74, 6) is 0. The van der Waals surface area contributed by atoms with Gasteiger partial charge in [-0.3, -0.25) is 0 Å². The van der Waals surface area contributed by atoms with Crippen molar-refractivity contribution in [1.29, 1.82) is 0 Å². The van der Waals surface area contributed by atoms with Crippen molar-refractivity contribution in [3.63, 3.8) is 0 Å². The Morgan fingerprint density at radius 1 is 0.812 bits per heavy atom. The predicted molar refractivity (Wildman–Crippen MR) is 78.9 cm³/mol. The van der Waals surface area contributed by atoms with Crippen molar-refractivity contribution < 1.29 is 0 Å². The molecular formula is C14H14IN. The fourth-order valence-corrected chi connectivity index (χ4v) is 2.45. The molecule has 1 nitrogen and oxygen atoms in total. The molecule has 0 atom stereocenters. The molecular weight excluding hydrogens is 309 g/mol. The third-order valence-electron chi connectivity index (χ3n) is 2.55. The molecule has 16 heavy (non-hydrogen) atoms. The molecule has 0 unspecified atom stereocenters. The topological polar surface area (TPSA) is 3.24 Å². The van der Waals surface area contributed by atoms with Gasteiger partial charge in [0.2, 0.25) is 0 Å². The van der Waals surface area contributed by atoms with E-state index in [0.717, 1.165) is 0 Å². The largest absolute Gasteiger partial charge is 0.377 e. The summed E-state index contributed by atoms with van der Waals surface area (Å²) in [6.45, 7) is 0. The monoisotopic (exact) mass is 323 g/mol. The zero-order chi connectivity index (χ0) is 11.5. The summed E-state index contributed by atoms with van der Waals surface area (Å²) >= 11 is 2.39. The molecule has 0 amide bonds. The van der Waals surface area contributed by atoms with E-state index in [2.05, 4.69) is 90.1 Å². The molecule has 0 saturated carbocycles. The predicted octanol–water partition coefficient (Wildman–Crippen LogP) is 4.02. The van der Waals surface area contributed by atoms with Crippen LogP contribution in [0.4, 0.5) is 5.69 Å². The normalized spacial score (nSPS) is 10.2. The summed E-state index contributed by atoms with van der Waals surface area (Å²) in [6.07, 6.45) is 0. The number of anilines is 1. The second-order valence-corrected chi connectivity index (χ2v) is 5.05. The van der Waals surface area contributed by atoms with Gasteiger partial charge in [0.15, 0.2) is 0 Å². The SMILES string of the molecule is CN(C)c1ccccc1-c1ccccc1I. The van der Waals surface area contributed by atoms with E-state index in [0.29, 0.717) is 0 Å². The van der Waals surface area contributed by atoms with Gasteiger partial charge in [0.25, 0.3) is 0 Å². The number of benzene rings is 2. The van der Waals surface area contributed by atoms with E-state index >= 15 is 0 Å². The Morgan fingerprint density at radius 3 is 2.00 bits per heavy atom. The first kappa shape index (κ1) is 11.5. The number of nitrogens with zero attached hydrogens (tertiary/aromatic N) is 1. The zero-order valence-electron chi connectivity index (χ0n) is 9.44. The van der Waals surface area contributed by atoms with E-state index in [1.165, 1.54) is 20.4 Å². The van der Waals surface area contributed by atoms with Crippen LogP contribution in [0.3, 0.4) is 0 Å². The van der Waals surface area contributed by atoms with Crippen LogP contribution < -0.4 is 4.90 Å². The smallest absolute Gasteiger partial charge is 0.0441 e. The number of rotatable bonds is 2. The van der Waals surface area contributed by atoms with Crippen molar-refractivity contribution in [2.75, 3.05) is 19.0 Å². The summed E-state index contributed by atoms with van der Waals surface area (Å²) < 4.78 is 1.29. The van der Waals surface area contributed by atoms with Crippen LogP contribution in [-0.2, 0) is 0 Å². The van der Waals surface area contributed by atoms with E-state index in [9.17, 15) is 0 Å². The summed E-state index contributed by atoms with van der Waals surface area (Å²) in [6, 6.07) is 17.0. The molecule has 0 aliphatic rings. The summed E-state index contributed by atoms with van der Waals surface area (Å²) in [5, 5.41) is 0. The minimum absolute atomic E-state index is 1.26. The van der Waals surface area contributed by atoms with E-state index in [1.54, 1.807) is 0 Å². The Morgan fingerprint density at radius 2 is 1.38 bits per heavy atom. The maximum absolute atomic E-state index is 2.39. The van der Waals surface area contributed by atoms with Crippen LogP contribution in [0.1, 0.15) is 0 Å². The number of halogens is 1. The van der Waals surface area contributed by atoms with Crippen molar-refractivity contribution in [3.05, 3.63) is 52.1 Å². The molecule has 0 fully saturated rings. The zero-order valence-corrected chi connectivity index (χ0v) is 11.6. The van der Waals surface area contributed by atoms with E-state index < -0.39 is 0 Å². The van der Waals surface area contributed by atoms with Gasteiger partial charge in [0.05, 0.1) is 0 Å². The van der Waals surface area contributed by atoms with Crippen molar-refractivity contribution in [2.45, 2.75) is 0 Å². The number of para-hydroxylation sites is 1. The third kappa shape index (κ3) is 2.21. The maximum Gasteiger partial charge on any atom is 0.0441 e. The standard InChI is InChI=1S/C14H14IN/c1-16(2)14-10-6-4-8-12(14)11-7-3-5-9-13(11)15/h3-10H,1-2H3. The van der Waals surface area contributed by atoms with Gasteiger partial charge in [-0.2, -0.15) is 0 Å². The van der Waals surface area contributed by atoms with Gasteiger partial charge < -0.3 is 4.90 Å². The third-order valence-corrected chi connectivity index (χ3v) is 3.49. The molecule has 2 aromatic carbocycles. The quantitative estimate of drug-likeness (QED) is 0.755. The molecule has 0 heterocycles. The summed E-state index contributed by atoms with van der Waals surface area (Å²) in [4.78, 5) is 2.15. The first-order chi connectivity index (χ1) is 7.70. The highest BCUT2D eigenvalue weighted by Crippen LogP contribution is 2.32. The fourth-order valence-electron chi connectivity index (χ4n) is 1.77. The minimum atomic E-state index is 1.26. The molecule has 2 aromatic rings. The number of hydrogen-bond donors (Lipinski definition) is 0. The molecule has 0 aliphatic heterocycles. The van der Waals surface area contributed by atoms with Gasteiger partial charge in [0.1, 0.15) is 0 Å². The lowest BCUT2D eigenvalue weighted by Crippen LogP contribution is -2.09. The van der Waals surface area contributed by atoms with Crippen molar-refractivity contribution in [2.24, 2.45) is 0 Å². The Bertz CT molecular complexity index is 492. The first-order valence-corrected chi connectivity index (χ1v) is 6.29. The van der Waals surface area contributed by atoms with Gasteiger partial charge in [-0.25, -0.2) is 0 Å². The second-order valence-electron chi connectivity index (χ2n) is 3.89. The average Bonchev–Trinajstić information content (AvgIpc) is 2.29. The van der Waals surface area contributed by atoms with E-state index in [-0.39, 0.29) is 0 Å². The lowest BCUT2D eigenvalue weighted by Gasteiger charge is -2.18. The van der Waals surface area contributed by atoms with Gasteiger partial charge >= 0.3 is 0 Å². The molecule has 2 heteroatoms. The fraction of sp³-hybridized carbons (Fsp3) is 0.143. The maximum atomic E-state index is 2.39. The van der Waals surface area contributed by atoms with E-state index in [4.69, 9.17) is 0 Å². The Kier molecular flexibility index (Phi) is 3.49. The highest BCUT2D eigenvalue weighted by molar-refractivity contribution is 14.1. The summed E-state index contributed by atoms with van der Waals surface area (Å²) in [7, 11) is 4.16. The first-order valence-electron chi connectivity index (χ1n) is 5.21. The van der Waals surface area contributed by atoms with Crippen LogP contribution in [-0.4, -0.2) is 14.1 Å². The molecule has 0 aromatic heterocycles. The van der Waals surface area contributed by atoms with Crippen molar-refractivity contribution in [1.82, 2.24) is 0 Å². The lowest BCUT2D eigenvalue weighted by atomic mass is 10.0. The highest BCUT2D eigenvalue weighted by atomic mass is 127. The van der Waals surface area contributed by atoms with Gasteiger partial charge in [0, 0.05) is 28.9 Å². The minimum Gasteiger partial charge on any atom is -0.377 e. The van der Waals surface area contributed by atoms with Crippen LogP contribution in [0.5, 0.6) is 0 Å². The van der Waals surface area contributed by atoms with Crippen molar-refractivity contribution in [3.8, 4) is 11.1 Å². The Labute approximate surface area is 110 Å². The molecule has 0 bridgehead atoms. The molecule has 82 valence electrons. The van der Waals surface area contributed by atoms with Gasteiger partial charge in [-0.1, -0.05) is 36.4 Å². The van der Waals surface area contributed by atoms with Crippen LogP contribution in [0.2, 0.25) is 0 Å². The Balaban J connectivity index is 2.60. The van der Waals surface area contributed by atoms with Gasteiger partial charge in [-0.15, -0.1) is 0 Å². The van der Waals surface area contributed by atoms with Crippen LogP contribution in [0.15, 0.2) is 48.5 Å². The molecule has 0 saturated heterocycles. The van der Waals surface area contributed by atoms with Crippen molar-refractivity contribution >= 4 is 28.3 Å². The Hall–Kier alpha value is -1.03. The van der Waals surface area contributed by atoms with Crippen LogP contribution >= 0.6 is 22.6 Å². The molecule has 0 aliphatic carbocycles. The van der Waals surface area contributed by atoms with Crippen LogP contribution in [0, 0.1) is 3.57 Å². The summed E-state index contributed by atoms with van der Waals surface area (Å²) in [5.41, 5.74) is 3.84. The average molecular weight is 323 g/mol. The molecule has 0 N–H and O–H groups in total. The number of hydrogen-bond acceptors (Lipinski definition) is 1. The van der Waals surface area contributed by atoms with E-state index in [1.807, 2.05) is 0 Å². The van der Waals surface area contributed by atoms with Gasteiger partial charge in [-0.05, 0) is 40.3 Å². The second kappa shape index (κ2) is 4.87. The lowest BCUT2D eigenvalue weighted by molar-refractivity contribution is 1.13.